The van der Waals surface area contributed by atoms with E-state index in [2.05, 4.69) is 0 Å². The molecule has 0 spiro atoms. The summed E-state index contributed by atoms with van der Waals surface area (Å²) in [5, 5.41) is 0. The lowest BCUT2D eigenvalue weighted by molar-refractivity contribution is -0.155. The van der Waals surface area contributed by atoms with Gasteiger partial charge in [-0.3, -0.25) is 9.59 Å². The van der Waals surface area contributed by atoms with E-state index >= 15 is 0 Å². The topological polar surface area (TPSA) is 46.6 Å². The van der Waals surface area contributed by atoms with Crippen LogP contribution in [0.2, 0.25) is 0 Å². The summed E-state index contributed by atoms with van der Waals surface area (Å²) in [7, 11) is 0. The molecule has 1 aliphatic carbocycles. The van der Waals surface area contributed by atoms with Crippen LogP contribution in [0, 0.1) is 11.3 Å². The third-order valence-corrected chi connectivity index (χ3v) is 4.07. The summed E-state index contributed by atoms with van der Waals surface area (Å²) in [5.74, 6) is -0.233. The van der Waals surface area contributed by atoms with E-state index in [-0.39, 0.29) is 17.8 Å². The molecule has 1 amide bonds. The first-order valence-electron chi connectivity index (χ1n) is 6.69. The first-order chi connectivity index (χ1) is 9.18. The second-order valence-electron chi connectivity index (χ2n) is 5.26. The number of rotatable bonds is 4. The van der Waals surface area contributed by atoms with Crippen LogP contribution in [0.25, 0.3) is 0 Å². The summed E-state index contributed by atoms with van der Waals surface area (Å²) >= 11 is 0. The van der Waals surface area contributed by atoms with Crippen LogP contribution in [-0.4, -0.2) is 29.9 Å². The van der Waals surface area contributed by atoms with Crippen LogP contribution in [-0.2, 0) is 20.9 Å². The number of piperidine rings is 1. The van der Waals surface area contributed by atoms with E-state index in [1.165, 1.54) is 0 Å². The second kappa shape index (κ2) is 4.37. The third-order valence-electron chi connectivity index (χ3n) is 4.07. The van der Waals surface area contributed by atoms with Crippen LogP contribution in [0.3, 0.4) is 0 Å². The summed E-state index contributed by atoms with van der Waals surface area (Å²) in [4.78, 5) is 26.1. The molecule has 3 rings (SSSR count). The van der Waals surface area contributed by atoms with Crippen LogP contribution in [0.1, 0.15) is 18.9 Å². The Morgan fingerprint density at radius 2 is 2.16 bits per heavy atom. The number of benzene rings is 1. The molecule has 100 valence electrons. The summed E-state index contributed by atoms with van der Waals surface area (Å²) in [6, 6.07) is 9.85. The monoisotopic (exact) mass is 259 g/mol. The summed E-state index contributed by atoms with van der Waals surface area (Å²) in [6.45, 7) is 3.36. The van der Waals surface area contributed by atoms with Crippen molar-refractivity contribution in [1.82, 2.24) is 4.90 Å². The fourth-order valence-electron chi connectivity index (χ4n) is 2.98. The Hall–Kier alpha value is -1.84. The molecule has 1 heterocycles. The Bertz CT molecular complexity index is 513. The lowest BCUT2D eigenvalue weighted by Crippen LogP contribution is -2.35. The molecular formula is C15H17NO3. The minimum Gasteiger partial charge on any atom is -0.465 e. The van der Waals surface area contributed by atoms with Crippen LogP contribution in [0.5, 0.6) is 0 Å². The molecule has 0 N–H and O–H groups in total. The van der Waals surface area contributed by atoms with Gasteiger partial charge >= 0.3 is 5.97 Å². The lowest BCUT2D eigenvalue weighted by atomic mass is 10.1. The first kappa shape index (κ1) is 12.2. The zero-order valence-electron chi connectivity index (χ0n) is 11.0. The van der Waals surface area contributed by atoms with Gasteiger partial charge in [-0.15, -0.1) is 0 Å². The molecule has 19 heavy (non-hydrogen) atoms. The highest BCUT2D eigenvalue weighted by molar-refractivity contribution is 6.08. The van der Waals surface area contributed by atoms with E-state index in [1.54, 1.807) is 11.8 Å². The van der Waals surface area contributed by atoms with Crippen molar-refractivity contribution < 1.29 is 14.3 Å². The maximum absolute atomic E-state index is 12.4. The molecule has 1 saturated heterocycles. The Balaban J connectivity index is 1.72. The normalized spacial score (nSPS) is 28.2. The van der Waals surface area contributed by atoms with Crippen LogP contribution < -0.4 is 0 Å². The van der Waals surface area contributed by atoms with Gasteiger partial charge in [-0.25, -0.2) is 0 Å². The quantitative estimate of drug-likeness (QED) is 0.609. The number of amides is 1. The number of carbonyl (C=O) groups excluding carboxylic acids is 2. The molecular weight excluding hydrogens is 242 g/mol. The van der Waals surface area contributed by atoms with E-state index in [9.17, 15) is 9.59 Å². The number of likely N-dealkylation sites (tertiary alicyclic amines) is 1. The molecule has 1 saturated carbocycles. The van der Waals surface area contributed by atoms with Gasteiger partial charge in [0.05, 0.1) is 6.61 Å². The maximum Gasteiger partial charge on any atom is 0.322 e. The van der Waals surface area contributed by atoms with Crippen molar-refractivity contribution >= 4 is 11.9 Å². The molecule has 2 aliphatic rings. The fourth-order valence-corrected chi connectivity index (χ4v) is 2.98. The minimum atomic E-state index is -0.842. The molecule has 2 atom stereocenters. The van der Waals surface area contributed by atoms with Gasteiger partial charge in [0.1, 0.15) is 0 Å². The van der Waals surface area contributed by atoms with E-state index in [4.69, 9.17) is 4.74 Å². The van der Waals surface area contributed by atoms with Gasteiger partial charge in [-0.1, -0.05) is 30.3 Å². The van der Waals surface area contributed by atoms with Crippen molar-refractivity contribution in [3.63, 3.8) is 0 Å². The minimum absolute atomic E-state index is 0.0557. The van der Waals surface area contributed by atoms with Gasteiger partial charge in [0.25, 0.3) is 0 Å². The van der Waals surface area contributed by atoms with E-state index in [0.717, 1.165) is 5.56 Å². The van der Waals surface area contributed by atoms with Crippen LogP contribution in [0.15, 0.2) is 30.3 Å². The van der Waals surface area contributed by atoms with Crippen molar-refractivity contribution in [3.8, 4) is 0 Å². The standard InChI is InChI=1S/C15H17NO3/c1-2-19-14(18)15-8-12(15)10-16(13(15)17)9-11-6-4-3-5-7-11/h3-7,12H,2,8-10H2,1H3/t12-,15+/m0/s1. The molecule has 1 aromatic carbocycles. The Morgan fingerprint density at radius 1 is 1.42 bits per heavy atom. The number of ether oxygens (including phenoxy) is 1. The number of nitrogens with zero attached hydrogens (tertiary/aromatic N) is 1. The summed E-state index contributed by atoms with van der Waals surface area (Å²) < 4.78 is 5.05. The van der Waals surface area contributed by atoms with E-state index in [0.29, 0.717) is 26.1 Å². The number of carbonyl (C=O) groups is 2. The highest BCUT2D eigenvalue weighted by Crippen LogP contribution is 2.59. The Labute approximate surface area is 112 Å². The first-order valence-corrected chi connectivity index (χ1v) is 6.69. The van der Waals surface area contributed by atoms with Gasteiger partial charge in [0.15, 0.2) is 5.41 Å². The Morgan fingerprint density at radius 3 is 2.84 bits per heavy atom. The van der Waals surface area contributed by atoms with Crippen molar-refractivity contribution in [1.29, 1.82) is 0 Å². The highest BCUT2D eigenvalue weighted by Gasteiger charge is 2.72. The van der Waals surface area contributed by atoms with Gasteiger partial charge in [-0.2, -0.15) is 0 Å². The van der Waals surface area contributed by atoms with E-state index in [1.807, 2.05) is 30.3 Å². The fraction of sp³-hybridized carbons (Fsp3) is 0.467. The van der Waals surface area contributed by atoms with Gasteiger partial charge < -0.3 is 9.64 Å². The molecule has 1 aliphatic heterocycles. The van der Waals surface area contributed by atoms with Gasteiger partial charge in [0.2, 0.25) is 5.91 Å². The summed E-state index contributed by atoms with van der Waals surface area (Å²) in [5.41, 5.74) is 0.251. The molecule has 0 bridgehead atoms. The van der Waals surface area contributed by atoms with Crippen LogP contribution in [0.4, 0.5) is 0 Å². The van der Waals surface area contributed by atoms with Crippen molar-refractivity contribution in [2.45, 2.75) is 19.9 Å². The predicted octanol–water partition coefficient (Wildman–Crippen LogP) is 1.60. The summed E-state index contributed by atoms with van der Waals surface area (Å²) in [6.07, 6.45) is 0.663. The number of fused-ring (bicyclic) bond motifs is 1. The average molecular weight is 259 g/mol. The van der Waals surface area contributed by atoms with Crippen LogP contribution >= 0.6 is 0 Å². The zero-order chi connectivity index (χ0) is 13.5. The Kier molecular flexibility index (Phi) is 2.81. The molecule has 0 radical (unpaired) electrons. The molecule has 4 heteroatoms. The zero-order valence-corrected chi connectivity index (χ0v) is 11.0. The molecule has 0 aromatic heterocycles. The average Bonchev–Trinajstić information content (AvgIpc) is 3.08. The van der Waals surface area contributed by atoms with Crippen molar-refractivity contribution in [2.75, 3.05) is 13.2 Å². The molecule has 1 aromatic rings. The molecule has 4 nitrogen and oxygen atoms in total. The largest absolute Gasteiger partial charge is 0.465 e. The lowest BCUT2D eigenvalue weighted by Gasteiger charge is -2.20. The molecule has 0 unspecified atom stereocenters. The van der Waals surface area contributed by atoms with Gasteiger partial charge in [-0.05, 0) is 18.9 Å². The third kappa shape index (κ3) is 1.82. The second-order valence-corrected chi connectivity index (χ2v) is 5.26. The number of hydrogen-bond acceptors (Lipinski definition) is 3. The highest BCUT2D eigenvalue weighted by atomic mass is 16.5. The smallest absolute Gasteiger partial charge is 0.322 e. The molecule has 2 fully saturated rings. The number of esters is 1. The van der Waals surface area contributed by atoms with Gasteiger partial charge in [0, 0.05) is 19.0 Å². The van der Waals surface area contributed by atoms with Crippen molar-refractivity contribution in [2.24, 2.45) is 11.3 Å². The number of hydrogen-bond donors (Lipinski definition) is 0. The maximum atomic E-state index is 12.4. The predicted molar refractivity (Wildman–Crippen MR) is 69.0 cm³/mol. The van der Waals surface area contributed by atoms with Crippen molar-refractivity contribution in [3.05, 3.63) is 35.9 Å². The SMILES string of the molecule is CCOC(=O)[C@]12C[C@H]1CN(Cc1ccccc1)C2=O. The van der Waals surface area contributed by atoms with E-state index < -0.39 is 5.41 Å².